The van der Waals surface area contributed by atoms with E-state index in [0.29, 0.717) is 11.7 Å². The molecule has 0 radical (unpaired) electrons. The molecule has 0 N–H and O–H groups in total. The Balaban J connectivity index is 1.75. The molecular weight excluding hydrogens is 475 g/mol. The number of allylic oxidation sites excluding steroid dienone is 1. The van der Waals surface area contributed by atoms with Crippen molar-refractivity contribution in [1.29, 1.82) is 0 Å². The van der Waals surface area contributed by atoms with Gasteiger partial charge in [0.25, 0.3) is 0 Å². The molecule has 1 saturated carbocycles. The number of aromatic nitrogens is 3. The van der Waals surface area contributed by atoms with Gasteiger partial charge in [-0.3, -0.25) is 0 Å². The molecule has 2 aromatic rings. The maximum absolute atomic E-state index is 5.94. The number of alkyl halides is 6. The Morgan fingerprint density at radius 2 is 1.48 bits per heavy atom. The van der Waals surface area contributed by atoms with E-state index in [4.69, 9.17) is 74.0 Å². The van der Waals surface area contributed by atoms with Gasteiger partial charge in [-0.15, -0.1) is 0 Å². The summed E-state index contributed by atoms with van der Waals surface area (Å²) in [6, 6.07) is 3.78. The van der Waals surface area contributed by atoms with Gasteiger partial charge < -0.3 is 4.42 Å². The minimum Gasteiger partial charge on any atom is -0.465 e. The molecule has 3 rings (SSSR count). The van der Waals surface area contributed by atoms with Gasteiger partial charge in [0.2, 0.25) is 7.59 Å². The first kappa shape index (κ1) is 21.5. The fourth-order valence-corrected chi connectivity index (χ4v) is 3.52. The second-order valence-corrected chi connectivity index (χ2v) is 10.9. The lowest BCUT2D eigenvalue weighted by Crippen LogP contribution is -2.21. The maximum Gasteiger partial charge on any atom is 0.250 e. The number of rotatable bonds is 3. The van der Waals surface area contributed by atoms with Gasteiger partial charge in [0.1, 0.15) is 11.6 Å². The van der Waals surface area contributed by atoms with Crippen LogP contribution in [0.3, 0.4) is 0 Å². The quantitative estimate of drug-likeness (QED) is 0.431. The second kappa shape index (κ2) is 8.64. The standard InChI is InChI=1S/C17H15Cl6N3O/c18-16(19,20)14-24-13(25-15(26-14)17(21,22)23)11-6-3-10(4-7-11)5-8-12-2-1-9-27-12/h1-2,5,8-11H,3-4,6-7H2. The average molecular weight is 490 g/mol. The summed E-state index contributed by atoms with van der Waals surface area (Å²) in [5.74, 6) is 1.78. The van der Waals surface area contributed by atoms with Crippen LogP contribution in [0, 0.1) is 5.92 Å². The summed E-state index contributed by atoms with van der Waals surface area (Å²) >= 11 is 35.6. The average Bonchev–Trinajstić information content (AvgIpc) is 3.12. The summed E-state index contributed by atoms with van der Waals surface area (Å²) in [6.45, 7) is 0. The summed E-state index contributed by atoms with van der Waals surface area (Å²) in [5, 5.41) is 0. The fraction of sp³-hybridized carbons (Fsp3) is 0.471. The van der Waals surface area contributed by atoms with Crippen molar-refractivity contribution in [3.05, 3.63) is 47.7 Å². The molecule has 0 unspecified atom stereocenters. The molecule has 0 atom stereocenters. The molecule has 1 fully saturated rings. The van der Waals surface area contributed by atoms with E-state index in [-0.39, 0.29) is 17.6 Å². The highest BCUT2D eigenvalue weighted by Crippen LogP contribution is 2.42. The van der Waals surface area contributed by atoms with Gasteiger partial charge in [-0.25, -0.2) is 15.0 Å². The van der Waals surface area contributed by atoms with E-state index in [1.807, 2.05) is 18.2 Å². The predicted octanol–water partition coefficient (Wildman–Crippen LogP) is 7.11. The van der Waals surface area contributed by atoms with Crippen LogP contribution >= 0.6 is 69.6 Å². The number of nitrogens with zero attached hydrogens (tertiary/aromatic N) is 3. The topological polar surface area (TPSA) is 51.8 Å². The van der Waals surface area contributed by atoms with Gasteiger partial charge in [0.15, 0.2) is 11.6 Å². The Morgan fingerprint density at radius 3 is 1.96 bits per heavy atom. The van der Waals surface area contributed by atoms with E-state index in [9.17, 15) is 0 Å². The molecule has 0 spiro atoms. The lowest BCUT2D eigenvalue weighted by Gasteiger charge is -2.26. The molecule has 2 aromatic heterocycles. The lowest BCUT2D eigenvalue weighted by molar-refractivity contribution is 0.364. The van der Waals surface area contributed by atoms with E-state index in [2.05, 4.69) is 21.0 Å². The monoisotopic (exact) mass is 487 g/mol. The van der Waals surface area contributed by atoms with Crippen molar-refractivity contribution in [1.82, 2.24) is 15.0 Å². The number of hydrogen-bond donors (Lipinski definition) is 0. The van der Waals surface area contributed by atoms with Crippen molar-refractivity contribution in [2.75, 3.05) is 0 Å². The van der Waals surface area contributed by atoms with Gasteiger partial charge in [-0.1, -0.05) is 75.7 Å². The van der Waals surface area contributed by atoms with E-state index in [1.54, 1.807) is 6.26 Å². The molecule has 146 valence electrons. The molecule has 1 aliphatic rings. The predicted molar refractivity (Wildman–Crippen MR) is 111 cm³/mol. The van der Waals surface area contributed by atoms with Gasteiger partial charge in [-0.2, -0.15) is 0 Å². The summed E-state index contributed by atoms with van der Waals surface area (Å²) in [6.07, 6.45) is 9.50. The first-order valence-corrected chi connectivity index (χ1v) is 10.5. The summed E-state index contributed by atoms with van der Waals surface area (Å²) < 4.78 is 1.66. The summed E-state index contributed by atoms with van der Waals surface area (Å²) in [5.41, 5.74) is 0. The van der Waals surface area contributed by atoms with Gasteiger partial charge >= 0.3 is 0 Å². The number of halogens is 6. The Morgan fingerprint density at radius 1 is 0.889 bits per heavy atom. The zero-order valence-electron chi connectivity index (χ0n) is 13.9. The Hall–Kier alpha value is -0.230. The summed E-state index contributed by atoms with van der Waals surface area (Å²) in [7, 11) is 0. The molecule has 1 aliphatic carbocycles. The molecule has 2 heterocycles. The molecule has 10 heteroatoms. The van der Waals surface area contributed by atoms with Crippen molar-refractivity contribution in [2.24, 2.45) is 5.92 Å². The highest BCUT2D eigenvalue weighted by atomic mass is 35.6. The van der Waals surface area contributed by atoms with Crippen LogP contribution in [0.4, 0.5) is 0 Å². The zero-order valence-corrected chi connectivity index (χ0v) is 18.4. The first-order valence-electron chi connectivity index (χ1n) is 8.25. The third-order valence-corrected chi connectivity index (χ3v) is 5.39. The van der Waals surface area contributed by atoms with Gasteiger partial charge in [0.05, 0.1) is 6.26 Å². The van der Waals surface area contributed by atoms with Gasteiger partial charge in [-0.05, 0) is 49.8 Å². The van der Waals surface area contributed by atoms with Crippen LogP contribution in [0.15, 0.2) is 28.9 Å². The van der Waals surface area contributed by atoms with Crippen LogP contribution in [0.1, 0.15) is 54.8 Å². The minimum absolute atomic E-state index is 0.0429. The van der Waals surface area contributed by atoms with E-state index >= 15 is 0 Å². The SMILES string of the molecule is ClC(Cl)(Cl)c1nc(C2CCC(C=Cc3ccco3)CC2)nc(C(Cl)(Cl)Cl)n1. The molecule has 0 saturated heterocycles. The normalized spacial score (nSPS) is 21.7. The molecule has 0 bridgehead atoms. The van der Waals surface area contributed by atoms with Crippen LogP contribution < -0.4 is 0 Å². The Labute approximate surface area is 187 Å². The highest BCUT2D eigenvalue weighted by molar-refractivity contribution is 6.67. The van der Waals surface area contributed by atoms with Crippen molar-refractivity contribution in [3.63, 3.8) is 0 Å². The second-order valence-electron chi connectivity index (χ2n) is 6.32. The first-order chi connectivity index (χ1) is 12.6. The fourth-order valence-electron chi connectivity index (χ4n) is 3.02. The molecule has 0 aromatic carbocycles. The molecule has 27 heavy (non-hydrogen) atoms. The molecular formula is C17H15Cl6N3O. The van der Waals surface area contributed by atoms with E-state index in [1.165, 1.54) is 0 Å². The van der Waals surface area contributed by atoms with Crippen LogP contribution in [-0.2, 0) is 7.59 Å². The van der Waals surface area contributed by atoms with Crippen LogP contribution in [0.5, 0.6) is 0 Å². The van der Waals surface area contributed by atoms with Crippen molar-refractivity contribution in [2.45, 2.75) is 39.2 Å². The van der Waals surface area contributed by atoms with Crippen molar-refractivity contribution >= 4 is 75.7 Å². The maximum atomic E-state index is 5.94. The minimum atomic E-state index is -1.83. The van der Waals surface area contributed by atoms with Crippen molar-refractivity contribution < 1.29 is 4.42 Å². The zero-order chi connectivity index (χ0) is 19.7. The van der Waals surface area contributed by atoms with E-state index in [0.717, 1.165) is 31.4 Å². The number of furan rings is 1. The van der Waals surface area contributed by atoms with Crippen LogP contribution in [-0.4, -0.2) is 15.0 Å². The van der Waals surface area contributed by atoms with Crippen molar-refractivity contribution in [3.8, 4) is 0 Å². The lowest BCUT2D eigenvalue weighted by atomic mass is 9.81. The van der Waals surface area contributed by atoms with Gasteiger partial charge in [0, 0.05) is 5.92 Å². The van der Waals surface area contributed by atoms with E-state index < -0.39 is 7.59 Å². The molecule has 0 aliphatic heterocycles. The number of hydrogen-bond acceptors (Lipinski definition) is 4. The molecule has 0 amide bonds. The summed E-state index contributed by atoms with van der Waals surface area (Å²) in [4.78, 5) is 12.7. The van der Waals surface area contributed by atoms with Crippen LogP contribution in [0.25, 0.3) is 6.08 Å². The van der Waals surface area contributed by atoms with Crippen LogP contribution in [0.2, 0.25) is 0 Å². The largest absolute Gasteiger partial charge is 0.465 e. The third kappa shape index (κ3) is 5.88. The smallest absolute Gasteiger partial charge is 0.250 e. The molecule has 4 nitrogen and oxygen atoms in total. The Kier molecular flexibility index (Phi) is 6.88. The third-order valence-electron chi connectivity index (χ3n) is 4.37. The highest BCUT2D eigenvalue weighted by Gasteiger charge is 2.35. The Bertz CT molecular complexity index is 758.